The summed E-state index contributed by atoms with van der Waals surface area (Å²) in [5.41, 5.74) is 4.85. The molecule has 74 valence electrons. The third kappa shape index (κ3) is 2.29. The van der Waals surface area contributed by atoms with E-state index in [0.29, 0.717) is 6.29 Å². The molecule has 1 amide bonds. The van der Waals surface area contributed by atoms with Crippen LogP contribution in [-0.4, -0.2) is 18.8 Å². The summed E-state index contributed by atoms with van der Waals surface area (Å²) in [6.07, 6.45) is 0.444. The monoisotopic (exact) mass is 197 g/mol. The lowest BCUT2D eigenvalue weighted by atomic mass is 10.2. The molecule has 0 aliphatic carbocycles. The third-order valence-electron chi connectivity index (χ3n) is 1.48. The topological polar surface area (TPSA) is 69.4 Å². The van der Waals surface area contributed by atoms with E-state index in [1.807, 2.05) is 0 Å². The molecule has 0 aliphatic rings. The fourth-order valence-electron chi connectivity index (χ4n) is 0.914. The van der Waals surface area contributed by atoms with Crippen LogP contribution in [0.25, 0.3) is 0 Å². The molecule has 2 N–H and O–H groups in total. The first-order chi connectivity index (χ1) is 6.65. The van der Waals surface area contributed by atoms with E-state index >= 15 is 0 Å². The maximum Gasteiger partial charge on any atom is 0.255 e. The predicted molar refractivity (Wildman–Crippen MR) is 46.5 cm³/mol. The number of ether oxygens (including phenoxy) is 1. The Labute approximate surface area is 79.5 Å². The Kier molecular flexibility index (Phi) is 3.17. The van der Waals surface area contributed by atoms with Crippen molar-refractivity contribution in [2.45, 2.75) is 0 Å². The van der Waals surface area contributed by atoms with E-state index in [1.54, 1.807) is 0 Å². The van der Waals surface area contributed by atoms with Gasteiger partial charge in [0.25, 0.3) is 5.91 Å². The van der Waals surface area contributed by atoms with Crippen molar-refractivity contribution >= 4 is 12.2 Å². The minimum Gasteiger partial charge on any atom is -0.480 e. The zero-order valence-electron chi connectivity index (χ0n) is 7.20. The molecule has 0 saturated carbocycles. The van der Waals surface area contributed by atoms with E-state index < -0.39 is 18.3 Å². The van der Waals surface area contributed by atoms with Crippen LogP contribution in [0.4, 0.5) is 4.39 Å². The second-order valence-electron chi connectivity index (χ2n) is 2.53. The molecule has 0 unspecified atom stereocenters. The first-order valence-electron chi connectivity index (χ1n) is 3.80. The van der Waals surface area contributed by atoms with Gasteiger partial charge in [0.1, 0.15) is 0 Å². The second kappa shape index (κ2) is 4.36. The van der Waals surface area contributed by atoms with Gasteiger partial charge in [0.05, 0.1) is 5.56 Å². The molecule has 14 heavy (non-hydrogen) atoms. The highest BCUT2D eigenvalue weighted by molar-refractivity contribution is 5.80. The van der Waals surface area contributed by atoms with Crippen molar-refractivity contribution in [3.8, 4) is 5.75 Å². The van der Waals surface area contributed by atoms with Crippen LogP contribution in [0.2, 0.25) is 0 Å². The van der Waals surface area contributed by atoms with Crippen molar-refractivity contribution < 1.29 is 18.7 Å². The van der Waals surface area contributed by atoms with Crippen LogP contribution < -0.4 is 10.5 Å². The summed E-state index contributed by atoms with van der Waals surface area (Å²) in [7, 11) is 0. The minimum absolute atomic E-state index is 0.0475. The Morgan fingerprint density at radius 1 is 1.57 bits per heavy atom. The van der Waals surface area contributed by atoms with Crippen LogP contribution in [0.3, 0.4) is 0 Å². The van der Waals surface area contributed by atoms with Crippen molar-refractivity contribution in [2.75, 3.05) is 6.61 Å². The average Bonchev–Trinajstić information content (AvgIpc) is 2.15. The summed E-state index contributed by atoms with van der Waals surface area (Å²) < 4.78 is 17.8. The quantitative estimate of drug-likeness (QED) is 0.714. The molecular weight excluding hydrogens is 189 g/mol. The molecule has 0 heterocycles. The van der Waals surface area contributed by atoms with Crippen molar-refractivity contribution in [1.29, 1.82) is 0 Å². The lowest BCUT2D eigenvalue weighted by Gasteiger charge is -2.06. The first kappa shape index (κ1) is 10.2. The maximum atomic E-state index is 13.1. The normalized spacial score (nSPS) is 9.50. The van der Waals surface area contributed by atoms with E-state index in [2.05, 4.69) is 0 Å². The Hall–Kier alpha value is -1.91. The van der Waals surface area contributed by atoms with Gasteiger partial charge in [-0.3, -0.25) is 9.59 Å². The smallest absolute Gasteiger partial charge is 0.255 e. The summed E-state index contributed by atoms with van der Waals surface area (Å²) in [6.45, 7) is -0.457. The van der Waals surface area contributed by atoms with E-state index in [-0.39, 0.29) is 11.3 Å². The number of para-hydroxylation sites is 1. The highest BCUT2D eigenvalue weighted by Crippen LogP contribution is 2.20. The molecule has 0 aliphatic heterocycles. The molecule has 4 nitrogen and oxygen atoms in total. The number of hydrogen-bond acceptors (Lipinski definition) is 3. The molecule has 0 atom stereocenters. The van der Waals surface area contributed by atoms with Gasteiger partial charge in [0, 0.05) is 0 Å². The van der Waals surface area contributed by atoms with Gasteiger partial charge in [-0.1, -0.05) is 6.07 Å². The standard InChI is InChI=1S/C9H8FNO3/c10-7-3-1-2-6(4-12)9(7)14-5-8(11)13/h1-4H,5H2,(H2,11,13). The largest absolute Gasteiger partial charge is 0.480 e. The molecule has 0 aromatic heterocycles. The Morgan fingerprint density at radius 3 is 2.86 bits per heavy atom. The Balaban J connectivity index is 2.93. The van der Waals surface area contributed by atoms with E-state index in [4.69, 9.17) is 10.5 Å². The fraction of sp³-hybridized carbons (Fsp3) is 0.111. The summed E-state index contributed by atoms with van der Waals surface area (Å²) in [6, 6.07) is 3.88. The van der Waals surface area contributed by atoms with Crippen molar-refractivity contribution in [2.24, 2.45) is 5.73 Å². The maximum absolute atomic E-state index is 13.1. The predicted octanol–water partition coefficient (Wildman–Crippen LogP) is 0.502. The van der Waals surface area contributed by atoms with E-state index in [9.17, 15) is 14.0 Å². The van der Waals surface area contributed by atoms with Gasteiger partial charge in [-0.25, -0.2) is 4.39 Å². The summed E-state index contributed by atoms with van der Waals surface area (Å²) in [5, 5.41) is 0. The molecule has 0 fully saturated rings. The van der Waals surface area contributed by atoms with Crippen LogP contribution in [0.5, 0.6) is 5.75 Å². The van der Waals surface area contributed by atoms with Gasteiger partial charge in [-0.15, -0.1) is 0 Å². The first-order valence-corrected chi connectivity index (χ1v) is 3.80. The Morgan fingerprint density at radius 2 is 2.29 bits per heavy atom. The van der Waals surface area contributed by atoms with Crippen LogP contribution in [-0.2, 0) is 4.79 Å². The molecular formula is C9H8FNO3. The van der Waals surface area contributed by atoms with Gasteiger partial charge in [0.2, 0.25) is 0 Å². The molecule has 1 rings (SSSR count). The molecule has 1 aromatic rings. The zero-order chi connectivity index (χ0) is 10.6. The minimum atomic E-state index is -0.731. The van der Waals surface area contributed by atoms with Gasteiger partial charge in [-0.2, -0.15) is 0 Å². The number of benzene rings is 1. The number of aldehydes is 1. The molecule has 0 bridgehead atoms. The number of halogens is 1. The number of carbonyl (C=O) groups excluding carboxylic acids is 2. The van der Waals surface area contributed by atoms with Gasteiger partial charge in [-0.05, 0) is 12.1 Å². The van der Waals surface area contributed by atoms with Gasteiger partial charge in [0.15, 0.2) is 24.5 Å². The van der Waals surface area contributed by atoms with E-state index in [1.165, 1.54) is 12.1 Å². The Bertz CT molecular complexity index is 365. The summed E-state index contributed by atoms with van der Waals surface area (Å²) >= 11 is 0. The number of carbonyl (C=O) groups is 2. The molecule has 1 aromatic carbocycles. The van der Waals surface area contributed by atoms with Crippen LogP contribution in [0.15, 0.2) is 18.2 Å². The van der Waals surface area contributed by atoms with Gasteiger partial charge >= 0.3 is 0 Å². The molecule has 0 saturated heterocycles. The van der Waals surface area contributed by atoms with Gasteiger partial charge < -0.3 is 10.5 Å². The highest BCUT2D eigenvalue weighted by atomic mass is 19.1. The average molecular weight is 197 g/mol. The third-order valence-corrected chi connectivity index (χ3v) is 1.48. The van der Waals surface area contributed by atoms with Crippen LogP contribution in [0.1, 0.15) is 10.4 Å². The number of primary amides is 1. The SMILES string of the molecule is NC(=O)COc1c(F)cccc1C=O. The second-order valence-corrected chi connectivity index (χ2v) is 2.53. The summed E-state index contributed by atoms with van der Waals surface area (Å²) in [4.78, 5) is 20.8. The number of rotatable bonds is 4. The number of hydrogen-bond donors (Lipinski definition) is 1. The number of nitrogens with two attached hydrogens (primary N) is 1. The van der Waals surface area contributed by atoms with E-state index in [0.717, 1.165) is 6.07 Å². The molecule has 0 radical (unpaired) electrons. The summed E-state index contributed by atoms with van der Waals surface area (Å²) in [5.74, 6) is -1.68. The lowest BCUT2D eigenvalue weighted by molar-refractivity contribution is -0.120. The lowest BCUT2D eigenvalue weighted by Crippen LogP contribution is -2.20. The molecule has 5 heteroatoms. The fourth-order valence-corrected chi connectivity index (χ4v) is 0.914. The van der Waals surface area contributed by atoms with Crippen molar-refractivity contribution in [3.05, 3.63) is 29.6 Å². The molecule has 0 spiro atoms. The highest BCUT2D eigenvalue weighted by Gasteiger charge is 2.09. The van der Waals surface area contributed by atoms with Crippen molar-refractivity contribution in [1.82, 2.24) is 0 Å². The zero-order valence-corrected chi connectivity index (χ0v) is 7.20. The number of amides is 1. The van der Waals surface area contributed by atoms with Crippen LogP contribution in [0, 0.1) is 5.82 Å². The van der Waals surface area contributed by atoms with Crippen LogP contribution >= 0.6 is 0 Å². The van der Waals surface area contributed by atoms with Crippen molar-refractivity contribution in [3.63, 3.8) is 0 Å².